The second-order valence-electron chi connectivity index (χ2n) is 6.74. The minimum atomic E-state index is -0.0190. The average molecular weight is 311 g/mol. The van der Waals surface area contributed by atoms with Crippen molar-refractivity contribution in [3.63, 3.8) is 0 Å². The number of rotatable bonds is 4. The van der Waals surface area contributed by atoms with Gasteiger partial charge in [0, 0.05) is 17.0 Å². The number of hydrogen-bond acceptors (Lipinski definition) is 2. The number of pyridine rings is 1. The maximum atomic E-state index is 11.9. The molecule has 1 unspecified atom stereocenters. The number of H-pyrrole nitrogens is 1. The predicted octanol–water partition coefficient (Wildman–Crippen LogP) is 4.34. The molecule has 1 atom stereocenters. The molecule has 1 N–H and O–H groups in total. The fourth-order valence-electron chi connectivity index (χ4n) is 3.87. The molecule has 0 saturated heterocycles. The summed E-state index contributed by atoms with van der Waals surface area (Å²) in [7, 11) is 0. The molecule has 0 aliphatic heterocycles. The third kappa shape index (κ3) is 3.39. The number of carbonyl (C=O) groups excluding carboxylic acids is 1. The van der Waals surface area contributed by atoms with Crippen molar-refractivity contribution < 1.29 is 4.79 Å². The number of carbonyl (C=O) groups is 1. The monoisotopic (exact) mass is 311 g/mol. The number of aromatic nitrogens is 1. The van der Waals surface area contributed by atoms with Gasteiger partial charge in [-0.15, -0.1) is 0 Å². The Kier molecular flexibility index (Phi) is 4.94. The predicted molar refractivity (Wildman–Crippen MR) is 93.9 cm³/mol. The Bertz CT molecular complexity index is 739. The van der Waals surface area contributed by atoms with Crippen molar-refractivity contribution in [3.8, 4) is 0 Å². The van der Waals surface area contributed by atoms with Crippen molar-refractivity contribution in [1.29, 1.82) is 0 Å². The van der Waals surface area contributed by atoms with E-state index in [0.29, 0.717) is 5.92 Å². The van der Waals surface area contributed by atoms with E-state index in [1.54, 1.807) is 0 Å². The Hall–Kier alpha value is -1.90. The summed E-state index contributed by atoms with van der Waals surface area (Å²) in [5.74, 6) is 0.440. The summed E-state index contributed by atoms with van der Waals surface area (Å²) in [6.45, 7) is 1.99. The Labute approximate surface area is 137 Å². The highest BCUT2D eigenvalue weighted by Gasteiger charge is 2.24. The van der Waals surface area contributed by atoms with Crippen LogP contribution in [0.3, 0.4) is 0 Å². The number of fused-ring (bicyclic) bond motifs is 1. The summed E-state index contributed by atoms with van der Waals surface area (Å²) in [4.78, 5) is 26.6. The quantitative estimate of drug-likeness (QED) is 0.674. The standard InChI is InChI=1S/C20H25NO2/c1-2-14-11-17-12-16(9-10-19(17)21-20(14)23)18(13-22)15-7-5-3-4-6-8-15/h9-13,15,18H,2-8H2,1H3,(H,21,23). The van der Waals surface area contributed by atoms with Crippen LogP contribution in [0.4, 0.5) is 0 Å². The molecule has 122 valence electrons. The first kappa shape index (κ1) is 16.0. The van der Waals surface area contributed by atoms with Gasteiger partial charge in [-0.2, -0.15) is 0 Å². The van der Waals surface area contributed by atoms with E-state index in [0.717, 1.165) is 47.6 Å². The van der Waals surface area contributed by atoms with E-state index >= 15 is 0 Å². The van der Waals surface area contributed by atoms with Gasteiger partial charge in [-0.3, -0.25) is 4.79 Å². The van der Waals surface area contributed by atoms with Crippen molar-refractivity contribution in [2.45, 2.75) is 57.8 Å². The van der Waals surface area contributed by atoms with Crippen LogP contribution < -0.4 is 5.56 Å². The van der Waals surface area contributed by atoms with Crippen LogP contribution in [0.2, 0.25) is 0 Å². The molecule has 1 aliphatic rings. The van der Waals surface area contributed by atoms with Gasteiger partial charge in [-0.25, -0.2) is 0 Å². The Morgan fingerprint density at radius 3 is 2.57 bits per heavy atom. The molecule has 2 aromatic rings. The zero-order valence-electron chi connectivity index (χ0n) is 13.8. The van der Waals surface area contributed by atoms with Gasteiger partial charge in [-0.1, -0.05) is 38.7 Å². The van der Waals surface area contributed by atoms with Gasteiger partial charge in [0.25, 0.3) is 5.56 Å². The van der Waals surface area contributed by atoms with Crippen LogP contribution in [0.15, 0.2) is 29.1 Å². The lowest BCUT2D eigenvalue weighted by molar-refractivity contribution is -0.110. The number of aldehydes is 1. The van der Waals surface area contributed by atoms with Crippen LogP contribution in [0, 0.1) is 5.92 Å². The van der Waals surface area contributed by atoms with Crippen LogP contribution in [-0.4, -0.2) is 11.3 Å². The number of hydrogen-bond donors (Lipinski definition) is 1. The van der Waals surface area contributed by atoms with Gasteiger partial charge in [0.05, 0.1) is 0 Å². The van der Waals surface area contributed by atoms with Crippen LogP contribution in [0.5, 0.6) is 0 Å². The largest absolute Gasteiger partial charge is 0.322 e. The number of benzene rings is 1. The Morgan fingerprint density at radius 2 is 1.91 bits per heavy atom. The van der Waals surface area contributed by atoms with Gasteiger partial charge in [0.15, 0.2) is 0 Å². The first-order valence-corrected chi connectivity index (χ1v) is 8.84. The van der Waals surface area contributed by atoms with Crippen molar-refractivity contribution in [3.05, 3.63) is 45.7 Å². The second kappa shape index (κ2) is 7.12. The van der Waals surface area contributed by atoms with Crippen molar-refractivity contribution in [2.24, 2.45) is 5.92 Å². The molecule has 1 aromatic carbocycles. The number of aromatic amines is 1. The summed E-state index contributed by atoms with van der Waals surface area (Å²) < 4.78 is 0. The van der Waals surface area contributed by atoms with Crippen LogP contribution >= 0.6 is 0 Å². The van der Waals surface area contributed by atoms with Crippen LogP contribution in [0.25, 0.3) is 10.9 Å². The fraction of sp³-hybridized carbons (Fsp3) is 0.500. The lowest BCUT2D eigenvalue weighted by Crippen LogP contribution is -2.15. The van der Waals surface area contributed by atoms with Crippen molar-refractivity contribution in [2.75, 3.05) is 0 Å². The highest BCUT2D eigenvalue weighted by molar-refractivity contribution is 5.81. The smallest absolute Gasteiger partial charge is 0.251 e. The lowest BCUT2D eigenvalue weighted by atomic mass is 9.82. The maximum Gasteiger partial charge on any atom is 0.251 e. The van der Waals surface area contributed by atoms with E-state index in [1.165, 1.54) is 25.7 Å². The van der Waals surface area contributed by atoms with Crippen molar-refractivity contribution >= 4 is 17.2 Å². The topological polar surface area (TPSA) is 49.9 Å². The SMILES string of the molecule is CCc1cc2cc(C(C=O)C3CCCCCC3)ccc2[nH]c1=O. The first-order chi connectivity index (χ1) is 11.2. The van der Waals surface area contributed by atoms with Gasteiger partial charge >= 0.3 is 0 Å². The van der Waals surface area contributed by atoms with Crippen molar-refractivity contribution in [1.82, 2.24) is 4.98 Å². The second-order valence-corrected chi connectivity index (χ2v) is 6.74. The molecule has 0 amide bonds. The highest BCUT2D eigenvalue weighted by Crippen LogP contribution is 2.34. The molecule has 1 aliphatic carbocycles. The zero-order valence-corrected chi connectivity index (χ0v) is 13.8. The fourth-order valence-corrected chi connectivity index (χ4v) is 3.87. The molecule has 1 heterocycles. The third-order valence-electron chi connectivity index (χ3n) is 5.27. The summed E-state index contributed by atoms with van der Waals surface area (Å²) >= 11 is 0. The lowest BCUT2D eigenvalue weighted by Gasteiger charge is -2.22. The molecule has 23 heavy (non-hydrogen) atoms. The molecule has 1 aromatic heterocycles. The van der Waals surface area contributed by atoms with E-state index < -0.39 is 0 Å². The normalized spacial score (nSPS) is 17.8. The van der Waals surface area contributed by atoms with E-state index in [2.05, 4.69) is 11.1 Å². The molecule has 1 fully saturated rings. The number of aryl methyl sites for hydroxylation is 1. The minimum absolute atomic E-state index is 0.0107. The third-order valence-corrected chi connectivity index (χ3v) is 5.27. The summed E-state index contributed by atoms with van der Waals surface area (Å²) in [5.41, 5.74) is 2.73. The van der Waals surface area contributed by atoms with Gasteiger partial charge < -0.3 is 9.78 Å². The molecule has 3 rings (SSSR count). The molecular formula is C20H25NO2. The molecule has 0 bridgehead atoms. The summed E-state index contributed by atoms with van der Waals surface area (Å²) in [6.07, 6.45) is 9.19. The molecule has 0 radical (unpaired) electrons. The molecule has 3 nitrogen and oxygen atoms in total. The Morgan fingerprint density at radius 1 is 1.17 bits per heavy atom. The minimum Gasteiger partial charge on any atom is -0.322 e. The molecule has 3 heteroatoms. The summed E-state index contributed by atoms with van der Waals surface area (Å²) in [5, 5.41) is 1.03. The van der Waals surface area contributed by atoms with E-state index in [9.17, 15) is 9.59 Å². The average Bonchev–Trinajstić information content (AvgIpc) is 2.84. The van der Waals surface area contributed by atoms with E-state index in [-0.39, 0.29) is 11.5 Å². The van der Waals surface area contributed by atoms with Crippen LogP contribution in [0.1, 0.15) is 62.5 Å². The van der Waals surface area contributed by atoms with E-state index in [4.69, 9.17) is 0 Å². The van der Waals surface area contributed by atoms with Gasteiger partial charge in [0.1, 0.15) is 6.29 Å². The van der Waals surface area contributed by atoms with Crippen LogP contribution in [-0.2, 0) is 11.2 Å². The maximum absolute atomic E-state index is 11.9. The van der Waals surface area contributed by atoms with Gasteiger partial charge in [-0.05, 0) is 54.3 Å². The number of nitrogens with one attached hydrogen (secondary N) is 1. The Balaban J connectivity index is 1.98. The first-order valence-electron chi connectivity index (χ1n) is 8.84. The molecule has 0 spiro atoms. The zero-order chi connectivity index (χ0) is 16.2. The molecule has 1 saturated carbocycles. The van der Waals surface area contributed by atoms with Gasteiger partial charge in [0.2, 0.25) is 0 Å². The highest BCUT2D eigenvalue weighted by atomic mass is 16.1. The van der Waals surface area contributed by atoms with E-state index in [1.807, 2.05) is 25.1 Å². The molecular weight excluding hydrogens is 286 g/mol. The summed E-state index contributed by atoms with van der Waals surface area (Å²) in [6, 6.07) is 8.01.